The van der Waals surface area contributed by atoms with Crippen LogP contribution in [0, 0.1) is 6.92 Å². The zero-order valence-electron chi connectivity index (χ0n) is 17.1. The van der Waals surface area contributed by atoms with Crippen molar-refractivity contribution in [1.82, 2.24) is 20.2 Å². The Morgan fingerprint density at radius 2 is 2.10 bits per heavy atom. The molecule has 4 heterocycles. The van der Waals surface area contributed by atoms with Crippen LogP contribution in [-0.2, 0) is 4.74 Å². The second-order valence-corrected chi connectivity index (χ2v) is 8.25. The lowest BCUT2D eigenvalue weighted by atomic mass is 10.0. The number of anilines is 1. The first kappa shape index (κ1) is 21.4. The van der Waals surface area contributed by atoms with Crippen LogP contribution in [0.15, 0.2) is 24.5 Å². The van der Waals surface area contributed by atoms with Gasteiger partial charge in [-0.3, -0.25) is 15.1 Å². The molecule has 1 N–H and O–H groups in total. The average molecular weight is 462 g/mol. The van der Waals surface area contributed by atoms with Crippen molar-refractivity contribution in [3.63, 3.8) is 0 Å². The third-order valence-corrected chi connectivity index (χ3v) is 5.75. The van der Waals surface area contributed by atoms with Crippen LogP contribution in [0.5, 0.6) is 10.9 Å². The molecule has 0 spiro atoms. The minimum atomic E-state index is -0.391. The van der Waals surface area contributed by atoms with Crippen LogP contribution in [0.4, 0.5) is 5.13 Å². The molecule has 3 aromatic heterocycles. The molecule has 2 atom stereocenters. The molecule has 0 aliphatic carbocycles. The molecule has 4 rings (SSSR count). The van der Waals surface area contributed by atoms with Crippen LogP contribution >= 0.6 is 22.9 Å². The summed E-state index contributed by atoms with van der Waals surface area (Å²) in [6, 6.07) is 3.44. The average Bonchev–Trinajstić information content (AvgIpc) is 3.36. The van der Waals surface area contributed by atoms with E-state index in [0.717, 1.165) is 23.5 Å². The van der Waals surface area contributed by atoms with Gasteiger partial charge in [0.25, 0.3) is 11.1 Å². The number of halogens is 1. The minimum Gasteiger partial charge on any atom is -0.494 e. The van der Waals surface area contributed by atoms with Gasteiger partial charge in [-0.25, -0.2) is 4.98 Å². The predicted octanol–water partition coefficient (Wildman–Crippen LogP) is 3.77. The van der Waals surface area contributed by atoms with Crippen LogP contribution < -0.4 is 14.8 Å². The van der Waals surface area contributed by atoms with Gasteiger partial charge in [0.05, 0.1) is 31.6 Å². The predicted molar refractivity (Wildman–Crippen MR) is 116 cm³/mol. The number of nitrogens with zero attached hydrogens (tertiary/aromatic N) is 4. The SMILES string of the molecule is COc1cnc(Cl)cc1-c1cc(C)ncc1C(=O)Nc1nnc(OC2CCOC2C)s1. The zero-order chi connectivity index (χ0) is 22.0. The van der Waals surface area contributed by atoms with Crippen LogP contribution in [-0.4, -0.2) is 52.0 Å². The van der Waals surface area contributed by atoms with Gasteiger partial charge >= 0.3 is 0 Å². The number of nitrogens with one attached hydrogen (secondary N) is 1. The van der Waals surface area contributed by atoms with E-state index in [4.69, 9.17) is 25.8 Å². The highest BCUT2D eigenvalue weighted by Crippen LogP contribution is 2.34. The van der Waals surface area contributed by atoms with Crippen LogP contribution in [0.3, 0.4) is 0 Å². The highest BCUT2D eigenvalue weighted by Gasteiger charge is 2.27. The molecule has 9 nitrogen and oxygen atoms in total. The summed E-state index contributed by atoms with van der Waals surface area (Å²) in [5, 5.41) is 11.8. The number of carbonyl (C=O) groups is 1. The quantitative estimate of drug-likeness (QED) is 0.552. The molecular weight excluding hydrogens is 442 g/mol. The molecule has 2 unspecified atom stereocenters. The number of amides is 1. The van der Waals surface area contributed by atoms with Crippen molar-refractivity contribution in [2.75, 3.05) is 19.0 Å². The maximum Gasteiger partial charge on any atom is 0.296 e. The van der Waals surface area contributed by atoms with Crippen LogP contribution in [0.1, 0.15) is 29.4 Å². The lowest BCUT2D eigenvalue weighted by Gasteiger charge is -2.13. The summed E-state index contributed by atoms with van der Waals surface area (Å²) in [6.07, 6.45) is 3.72. The molecular formula is C20H20ClN5O4S. The molecule has 1 saturated heterocycles. The number of carbonyl (C=O) groups excluding carboxylic acids is 1. The number of hydrogen-bond acceptors (Lipinski definition) is 9. The normalized spacial score (nSPS) is 18.1. The second kappa shape index (κ2) is 9.13. The van der Waals surface area contributed by atoms with Gasteiger partial charge in [-0.15, -0.1) is 5.10 Å². The van der Waals surface area contributed by atoms with Gasteiger partial charge in [0.1, 0.15) is 17.0 Å². The van der Waals surface area contributed by atoms with E-state index in [9.17, 15) is 4.79 Å². The van der Waals surface area contributed by atoms with Gasteiger partial charge in [-0.05, 0) is 37.3 Å². The highest BCUT2D eigenvalue weighted by molar-refractivity contribution is 7.17. The lowest BCUT2D eigenvalue weighted by Crippen LogP contribution is -2.24. The largest absolute Gasteiger partial charge is 0.494 e. The van der Waals surface area contributed by atoms with Gasteiger partial charge in [0, 0.05) is 29.4 Å². The number of aryl methyl sites for hydroxylation is 1. The Balaban J connectivity index is 1.58. The second-order valence-electron chi connectivity index (χ2n) is 6.93. The topological polar surface area (TPSA) is 108 Å². The number of methoxy groups -OCH3 is 1. The molecule has 0 saturated carbocycles. The first-order valence-corrected chi connectivity index (χ1v) is 10.7. The smallest absolute Gasteiger partial charge is 0.296 e. The van der Waals surface area contributed by atoms with Crippen molar-refractivity contribution in [1.29, 1.82) is 0 Å². The highest BCUT2D eigenvalue weighted by atomic mass is 35.5. The maximum atomic E-state index is 13.0. The van der Waals surface area contributed by atoms with Gasteiger partial charge in [0.2, 0.25) is 5.13 Å². The molecule has 1 aliphatic heterocycles. The first-order valence-electron chi connectivity index (χ1n) is 9.54. The summed E-state index contributed by atoms with van der Waals surface area (Å²) in [4.78, 5) is 21.3. The molecule has 1 amide bonds. The number of pyridine rings is 2. The van der Waals surface area contributed by atoms with Gasteiger partial charge in [0.15, 0.2) is 0 Å². The standard InChI is InChI=1S/C20H20ClN5O4S/c1-10-6-12(13-7-17(21)23-9-16(13)28-3)14(8-22-10)18(27)24-19-25-26-20(31-19)30-15-4-5-29-11(15)2/h6-9,11,15H,4-5H2,1-3H3,(H,24,25,27). The summed E-state index contributed by atoms with van der Waals surface area (Å²) < 4.78 is 16.7. The van der Waals surface area contributed by atoms with E-state index < -0.39 is 5.91 Å². The van der Waals surface area contributed by atoms with E-state index in [1.165, 1.54) is 19.5 Å². The summed E-state index contributed by atoms with van der Waals surface area (Å²) in [5.41, 5.74) is 2.32. The van der Waals surface area contributed by atoms with Crippen molar-refractivity contribution < 1.29 is 19.0 Å². The van der Waals surface area contributed by atoms with Gasteiger partial charge in [-0.2, -0.15) is 0 Å². The van der Waals surface area contributed by atoms with Crippen LogP contribution in [0.2, 0.25) is 5.15 Å². The fourth-order valence-electron chi connectivity index (χ4n) is 3.22. The van der Waals surface area contributed by atoms with E-state index in [2.05, 4.69) is 25.5 Å². The van der Waals surface area contributed by atoms with Gasteiger partial charge < -0.3 is 14.2 Å². The Labute approximate surface area is 187 Å². The number of ether oxygens (including phenoxy) is 3. The van der Waals surface area contributed by atoms with Crippen molar-refractivity contribution in [3.05, 3.63) is 40.9 Å². The third-order valence-electron chi connectivity index (χ3n) is 4.82. The Bertz CT molecular complexity index is 1110. The summed E-state index contributed by atoms with van der Waals surface area (Å²) in [7, 11) is 1.53. The molecule has 1 aliphatic rings. The minimum absolute atomic E-state index is 0.00898. The molecule has 0 aromatic carbocycles. The Morgan fingerprint density at radius 1 is 1.26 bits per heavy atom. The molecule has 1 fully saturated rings. The van der Waals surface area contributed by atoms with E-state index >= 15 is 0 Å². The molecule has 3 aromatic rings. The lowest BCUT2D eigenvalue weighted by molar-refractivity contribution is 0.0669. The van der Waals surface area contributed by atoms with Crippen molar-refractivity contribution in [2.45, 2.75) is 32.5 Å². The molecule has 11 heteroatoms. The first-order chi connectivity index (χ1) is 14.9. The molecule has 31 heavy (non-hydrogen) atoms. The summed E-state index contributed by atoms with van der Waals surface area (Å²) >= 11 is 7.24. The fraction of sp³-hybridized carbons (Fsp3) is 0.350. The Hall–Kier alpha value is -2.82. The number of aromatic nitrogens is 4. The Morgan fingerprint density at radius 3 is 2.84 bits per heavy atom. The monoisotopic (exact) mass is 461 g/mol. The zero-order valence-corrected chi connectivity index (χ0v) is 18.7. The number of rotatable bonds is 6. The van der Waals surface area contributed by atoms with E-state index in [1.807, 2.05) is 13.8 Å². The molecule has 0 radical (unpaired) electrons. The van der Waals surface area contributed by atoms with Crippen LogP contribution in [0.25, 0.3) is 11.1 Å². The fourth-order valence-corrected chi connectivity index (χ4v) is 4.02. The third kappa shape index (κ3) is 4.76. The Kier molecular flexibility index (Phi) is 6.30. The van der Waals surface area contributed by atoms with Crippen molar-refractivity contribution >= 4 is 34.0 Å². The molecule has 0 bridgehead atoms. The van der Waals surface area contributed by atoms with E-state index in [1.54, 1.807) is 12.1 Å². The van der Waals surface area contributed by atoms with E-state index in [-0.39, 0.29) is 17.4 Å². The van der Waals surface area contributed by atoms with Crippen molar-refractivity contribution in [3.8, 4) is 22.1 Å². The summed E-state index contributed by atoms with van der Waals surface area (Å²) in [5.74, 6) is 0.0984. The van der Waals surface area contributed by atoms with Crippen molar-refractivity contribution in [2.24, 2.45) is 0 Å². The maximum absolute atomic E-state index is 13.0. The van der Waals surface area contributed by atoms with Gasteiger partial charge in [-0.1, -0.05) is 16.7 Å². The van der Waals surface area contributed by atoms with E-state index in [0.29, 0.717) is 39.4 Å². The number of hydrogen-bond donors (Lipinski definition) is 1. The molecule has 162 valence electrons. The summed E-state index contributed by atoms with van der Waals surface area (Å²) in [6.45, 7) is 4.44.